The van der Waals surface area contributed by atoms with Gasteiger partial charge in [0.2, 0.25) is 0 Å². The highest BCUT2D eigenvalue weighted by Crippen LogP contribution is 2.34. The monoisotopic (exact) mass is 310 g/mol. The highest BCUT2D eigenvalue weighted by molar-refractivity contribution is 6.30. The number of nitrogens with one attached hydrogen (secondary N) is 1. The molecule has 2 N–H and O–H groups in total. The molecule has 2 atom stereocenters. The third kappa shape index (κ3) is 3.28. The van der Waals surface area contributed by atoms with Crippen LogP contribution in [0.3, 0.4) is 0 Å². The highest BCUT2D eigenvalue weighted by atomic mass is 35.5. The molecule has 0 spiro atoms. The first-order valence-electron chi connectivity index (χ1n) is 7.70. The maximum atomic E-state index is 10.2. The van der Waals surface area contributed by atoms with Crippen molar-refractivity contribution in [2.45, 2.75) is 44.3 Å². The summed E-state index contributed by atoms with van der Waals surface area (Å²) in [5.74, 6) is 0.623. The van der Waals surface area contributed by atoms with Gasteiger partial charge in [-0.1, -0.05) is 11.6 Å². The smallest absolute Gasteiger partial charge is 0.162 e. The largest absolute Gasteiger partial charge is 0.504 e. The van der Waals surface area contributed by atoms with Gasteiger partial charge in [-0.2, -0.15) is 0 Å². The Balaban J connectivity index is 1.61. The van der Waals surface area contributed by atoms with E-state index in [-0.39, 0.29) is 5.75 Å². The molecule has 0 aromatic heterocycles. The van der Waals surface area contributed by atoms with Crippen LogP contribution in [0.1, 0.15) is 31.2 Å². The molecule has 0 saturated carbocycles. The topological polar surface area (TPSA) is 44.7 Å². The third-order valence-electron chi connectivity index (χ3n) is 4.74. The predicted octanol–water partition coefficient (Wildman–Crippen LogP) is 2.77. The van der Waals surface area contributed by atoms with Crippen molar-refractivity contribution in [2.75, 3.05) is 20.2 Å². The van der Waals surface area contributed by atoms with Gasteiger partial charge in [0, 0.05) is 35.3 Å². The van der Waals surface area contributed by atoms with E-state index in [0.29, 0.717) is 23.4 Å². The van der Waals surface area contributed by atoms with Gasteiger partial charge in [-0.3, -0.25) is 0 Å². The van der Waals surface area contributed by atoms with Gasteiger partial charge in [-0.25, -0.2) is 0 Å². The number of halogens is 1. The lowest BCUT2D eigenvalue weighted by Crippen LogP contribution is -2.45. The minimum absolute atomic E-state index is 0.188. The fourth-order valence-electron chi connectivity index (χ4n) is 3.58. The van der Waals surface area contributed by atoms with E-state index in [1.165, 1.54) is 38.8 Å². The van der Waals surface area contributed by atoms with E-state index in [1.54, 1.807) is 19.2 Å². The number of hydrogen-bond donors (Lipinski definition) is 2. The Kier molecular flexibility index (Phi) is 4.57. The molecule has 0 amide bonds. The Bertz CT molecular complexity index is 509. The summed E-state index contributed by atoms with van der Waals surface area (Å²) in [5, 5.41) is 14.3. The molecule has 21 heavy (non-hydrogen) atoms. The van der Waals surface area contributed by atoms with Gasteiger partial charge >= 0.3 is 0 Å². The molecule has 2 aliphatic heterocycles. The van der Waals surface area contributed by atoms with Gasteiger partial charge in [0.05, 0.1) is 7.11 Å². The molecule has 116 valence electrons. The highest BCUT2D eigenvalue weighted by Gasteiger charge is 2.31. The van der Waals surface area contributed by atoms with Gasteiger partial charge in [0.15, 0.2) is 11.5 Å². The number of piperidine rings is 1. The van der Waals surface area contributed by atoms with Gasteiger partial charge in [0.25, 0.3) is 0 Å². The molecular weight excluding hydrogens is 288 g/mol. The summed E-state index contributed by atoms with van der Waals surface area (Å²) >= 11 is 6.07. The predicted molar refractivity (Wildman–Crippen MR) is 84.1 cm³/mol. The molecule has 2 saturated heterocycles. The van der Waals surface area contributed by atoms with Gasteiger partial charge in [0.1, 0.15) is 0 Å². The summed E-state index contributed by atoms with van der Waals surface area (Å²) in [5.41, 5.74) is 0.799. The van der Waals surface area contributed by atoms with Crippen LogP contribution in [0.25, 0.3) is 0 Å². The number of methoxy groups -OCH3 is 1. The summed E-state index contributed by atoms with van der Waals surface area (Å²) in [6.07, 6.45) is 5.05. The van der Waals surface area contributed by atoms with Crippen molar-refractivity contribution in [2.24, 2.45) is 0 Å². The van der Waals surface area contributed by atoms with Crippen LogP contribution in [0.2, 0.25) is 5.02 Å². The number of aromatic hydroxyl groups is 1. The second-order valence-electron chi connectivity index (χ2n) is 6.05. The standard InChI is InChI=1S/C16H23ClN2O2/c1-21-15-8-12(17)7-11(16(15)20)10-18-13-4-6-19-5-2-3-14(19)9-13/h7-8,13-14,18,20H,2-6,9-10H2,1H3. The van der Waals surface area contributed by atoms with Crippen LogP contribution in [-0.4, -0.2) is 42.3 Å². The van der Waals surface area contributed by atoms with Crippen molar-refractivity contribution < 1.29 is 9.84 Å². The number of ether oxygens (including phenoxy) is 1. The zero-order chi connectivity index (χ0) is 14.8. The molecule has 0 bridgehead atoms. The lowest BCUT2D eigenvalue weighted by Gasteiger charge is -2.35. The van der Waals surface area contributed by atoms with E-state index >= 15 is 0 Å². The third-order valence-corrected chi connectivity index (χ3v) is 4.96. The molecule has 2 heterocycles. The lowest BCUT2D eigenvalue weighted by atomic mass is 9.97. The number of rotatable bonds is 4. The van der Waals surface area contributed by atoms with Crippen LogP contribution in [0, 0.1) is 0 Å². The van der Waals surface area contributed by atoms with Crippen LogP contribution in [-0.2, 0) is 6.54 Å². The first-order chi connectivity index (χ1) is 10.2. The molecule has 1 aromatic carbocycles. The molecule has 2 fully saturated rings. The Morgan fingerprint density at radius 1 is 1.38 bits per heavy atom. The Hall–Kier alpha value is -0.970. The molecule has 0 radical (unpaired) electrons. The maximum Gasteiger partial charge on any atom is 0.162 e. The van der Waals surface area contributed by atoms with E-state index in [1.807, 2.05) is 0 Å². The van der Waals surface area contributed by atoms with E-state index < -0.39 is 0 Å². The number of nitrogens with zero attached hydrogens (tertiary/aromatic N) is 1. The van der Waals surface area contributed by atoms with Gasteiger partial charge < -0.3 is 20.1 Å². The number of phenolic OH excluding ortho intramolecular Hbond substituents is 1. The number of fused-ring (bicyclic) bond motifs is 1. The van der Waals surface area contributed by atoms with Crippen LogP contribution >= 0.6 is 11.6 Å². The lowest BCUT2D eigenvalue weighted by molar-refractivity contribution is 0.166. The molecule has 4 nitrogen and oxygen atoms in total. The quantitative estimate of drug-likeness (QED) is 0.897. The van der Waals surface area contributed by atoms with Crippen LogP contribution in [0.5, 0.6) is 11.5 Å². The zero-order valence-corrected chi connectivity index (χ0v) is 13.2. The fourth-order valence-corrected chi connectivity index (χ4v) is 3.81. The average Bonchev–Trinajstić information content (AvgIpc) is 2.95. The summed E-state index contributed by atoms with van der Waals surface area (Å²) in [6, 6.07) is 4.71. The minimum Gasteiger partial charge on any atom is -0.504 e. The van der Waals surface area contributed by atoms with Crippen LogP contribution in [0.4, 0.5) is 0 Å². The minimum atomic E-state index is 0.188. The van der Waals surface area contributed by atoms with E-state index in [2.05, 4.69) is 10.2 Å². The van der Waals surface area contributed by atoms with Crippen molar-refractivity contribution >= 4 is 11.6 Å². The fraction of sp³-hybridized carbons (Fsp3) is 0.625. The van der Waals surface area contributed by atoms with E-state index in [0.717, 1.165) is 11.6 Å². The second kappa shape index (κ2) is 6.42. The van der Waals surface area contributed by atoms with Crippen molar-refractivity contribution in [3.8, 4) is 11.5 Å². The van der Waals surface area contributed by atoms with Crippen molar-refractivity contribution in [1.82, 2.24) is 10.2 Å². The van der Waals surface area contributed by atoms with Crippen LogP contribution < -0.4 is 10.1 Å². The Labute approximate surface area is 131 Å². The summed E-state index contributed by atoms with van der Waals surface area (Å²) < 4.78 is 5.15. The van der Waals surface area contributed by atoms with Crippen molar-refractivity contribution in [1.29, 1.82) is 0 Å². The number of hydrogen-bond acceptors (Lipinski definition) is 4. The average molecular weight is 311 g/mol. The summed E-state index contributed by atoms with van der Waals surface area (Å²) in [4.78, 5) is 2.61. The first-order valence-corrected chi connectivity index (χ1v) is 8.08. The zero-order valence-electron chi connectivity index (χ0n) is 12.4. The van der Waals surface area contributed by atoms with E-state index in [4.69, 9.17) is 16.3 Å². The summed E-state index contributed by atoms with van der Waals surface area (Å²) in [7, 11) is 1.54. The molecule has 2 unspecified atom stereocenters. The van der Waals surface area contributed by atoms with Gasteiger partial charge in [-0.05, 0) is 44.8 Å². The Morgan fingerprint density at radius 2 is 2.24 bits per heavy atom. The van der Waals surface area contributed by atoms with Crippen molar-refractivity contribution in [3.63, 3.8) is 0 Å². The molecule has 2 aliphatic rings. The maximum absolute atomic E-state index is 10.2. The first kappa shape index (κ1) is 14.9. The Morgan fingerprint density at radius 3 is 3.05 bits per heavy atom. The molecular formula is C16H23ClN2O2. The second-order valence-corrected chi connectivity index (χ2v) is 6.49. The molecule has 1 aromatic rings. The van der Waals surface area contributed by atoms with Crippen LogP contribution in [0.15, 0.2) is 12.1 Å². The SMILES string of the molecule is COc1cc(Cl)cc(CNC2CCN3CCCC3C2)c1O. The normalized spacial score (nSPS) is 25.8. The number of benzene rings is 1. The number of phenols is 1. The van der Waals surface area contributed by atoms with E-state index in [9.17, 15) is 5.11 Å². The molecule has 5 heteroatoms. The molecule has 0 aliphatic carbocycles. The van der Waals surface area contributed by atoms with Crippen molar-refractivity contribution in [3.05, 3.63) is 22.7 Å². The van der Waals surface area contributed by atoms with Gasteiger partial charge in [-0.15, -0.1) is 0 Å². The summed E-state index contributed by atoms with van der Waals surface area (Å²) in [6.45, 7) is 3.08. The molecule has 3 rings (SSSR count).